The molecule has 1 aliphatic rings. The summed E-state index contributed by atoms with van der Waals surface area (Å²) in [4.78, 5) is 18.9. The van der Waals surface area contributed by atoms with Crippen LogP contribution in [0.4, 0.5) is 0 Å². The van der Waals surface area contributed by atoms with Crippen LogP contribution in [0.15, 0.2) is 48.8 Å². The summed E-state index contributed by atoms with van der Waals surface area (Å²) in [5.74, 6) is 0.279. The molecule has 3 heteroatoms. The van der Waals surface area contributed by atoms with E-state index in [4.69, 9.17) is 0 Å². The third-order valence-corrected chi connectivity index (χ3v) is 4.63. The van der Waals surface area contributed by atoms with Crippen molar-refractivity contribution in [3.05, 3.63) is 65.5 Å². The lowest BCUT2D eigenvalue weighted by molar-refractivity contribution is -0.133. The van der Waals surface area contributed by atoms with Gasteiger partial charge in [-0.25, -0.2) is 0 Å². The first-order valence-corrected chi connectivity index (χ1v) is 8.53. The maximum absolute atomic E-state index is 12.8. The van der Waals surface area contributed by atoms with Crippen molar-refractivity contribution in [2.24, 2.45) is 0 Å². The van der Waals surface area contributed by atoms with Gasteiger partial charge in [0.25, 0.3) is 0 Å². The summed E-state index contributed by atoms with van der Waals surface area (Å²) in [6.07, 6.45) is 7.95. The first kappa shape index (κ1) is 15.7. The molecule has 3 nitrogen and oxygen atoms in total. The summed E-state index contributed by atoms with van der Waals surface area (Å²) in [6, 6.07) is 12.9. The minimum absolute atomic E-state index is 0.279. The van der Waals surface area contributed by atoms with Crippen molar-refractivity contribution < 1.29 is 4.79 Å². The van der Waals surface area contributed by atoms with Crippen LogP contribution in [0.3, 0.4) is 0 Å². The number of aromatic nitrogens is 1. The van der Waals surface area contributed by atoms with Gasteiger partial charge in [-0.2, -0.15) is 0 Å². The first-order chi connectivity index (χ1) is 11.3. The van der Waals surface area contributed by atoms with Crippen LogP contribution in [0, 0.1) is 0 Å². The zero-order valence-corrected chi connectivity index (χ0v) is 13.7. The summed E-state index contributed by atoms with van der Waals surface area (Å²) in [5.41, 5.74) is 3.99. The number of fused-ring (bicyclic) bond motifs is 1. The van der Waals surface area contributed by atoms with Gasteiger partial charge in [-0.1, -0.05) is 31.2 Å². The second kappa shape index (κ2) is 7.40. The zero-order valence-electron chi connectivity index (χ0n) is 13.7. The second-order valence-electron chi connectivity index (χ2n) is 6.27. The summed E-state index contributed by atoms with van der Waals surface area (Å²) in [7, 11) is 0. The van der Waals surface area contributed by atoms with Gasteiger partial charge in [0.2, 0.25) is 5.91 Å². The van der Waals surface area contributed by atoms with Crippen LogP contribution in [0.25, 0.3) is 0 Å². The highest BCUT2D eigenvalue weighted by Gasteiger charge is 2.28. The molecule has 120 valence electrons. The molecule has 0 spiro atoms. The Morgan fingerprint density at radius 1 is 1.13 bits per heavy atom. The number of pyridine rings is 1. The number of rotatable bonds is 6. The summed E-state index contributed by atoms with van der Waals surface area (Å²) < 4.78 is 0. The lowest BCUT2D eigenvalue weighted by Gasteiger charge is -2.29. The number of carbonyl (C=O) groups excluding carboxylic acids is 1. The molecule has 0 N–H and O–H groups in total. The molecule has 1 heterocycles. The van der Waals surface area contributed by atoms with Crippen molar-refractivity contribution in [3.63, 3.8) is 0 Å². The Balaban J connectivity index is 1.64. The smallest absolute Gasteiger partial charge is 0.223 e. The van der Waals surface area contributed by atoms with Gasteiger partial charge < -0.3 is 4.90 Å². The average Bonchev–Trinajstić information content (AvgIpc) is 3.02. The SMILES string of the molecule is CCCN(C(=O)CCc1ccncc1)C1Cc2ccccc2C1. The third-order valence-electron chi connectivity index (χ3n) is 4.63. The van der Waals surface area contributed by atoms with Gasteiger partial charge in [-0.15, -0.1) is 0 Å². The maximum atomic E-state index is 12.8. The topological polar surface area (TPSA) is 33.2 Å². The third kappa shape index (κ3) is 3.79. The fraction of sp³-hybridized carbons (Fsp3) is 0.400. The van der Waals surface area contributed by atoms with Crippen LogP contribution in [0.5, 0.6) is 0 Å². The van der Waals surface area contributed by atoms with E-state index in [-0.39, 0.29) is 5.91 Å². The van der Waals surface area contributed by atoms with Gasteiger partial charge in [-0.05, 0) is 54.5 Å². The number of amides is 1. The molecule has 3 rings (SSSR count). The molecule has 0 aliphatic heterocycles. The number of hydrogen-bond acceptors (Lipinski definition) is 2. The Morgan fingerprint density at radius 2 is 1.78 bits per heavy atom. The van der Waals surface area contributed by atoms with E-state index in [0.717, 1.165) is 32.2 Å². The number of benzene rings is 1. The van der Waals surface area contributed by atoms with Gasteiger partial charge in [-0.3, -0.25) is 9.78 Å². The number of carbonyl (C=O) groups is 1. The normalized spacial score (nSPS) is 13.8. The molecular weight excluding hydrogens is 284 g/mol. The van der Waals surface area contributed by atoms with Crippen LogP contribution in [-0.2, 0) is 24.1 Å². The number of aryl methyl sites for hydroxylation is 1. The predicted molar refractivity (Wildman–Crippen MR) is 92.2 cm³/mol. The van der Waals surface area contributed by atoms with Crippen molar-refractivity contribution >= 4 is 5.91 Å². The molecule has 1 aliphatic carbocycles. The van der Waals surface area contributed by atoms with E-state index in [9.17, 15) is 4.79 Å². The van der Waals surface area contributed by atoms with E-state index in [1.54, 1.807) is 12.4 Å². The molecule has 0 unspecified atom stereocenters. The van der Waals surface area contributed by atoms with E-state index >= 15 is 0 Å². The highest BCUT2D eigenvalue weighted by Crippen LogP contribution is 2.26. The lowest BCUT2D eigenvalue weighted by atomic mass is 10.1. The summed E-state index contributed by atoms with van der Waals surface area (Å²) in [5, 5.41) is 0. The van der Waals surface area contributed by atoms with Crippen molar-refractivity contribution in [2.75, 3.05) is 6.54 Å². The minimum Gasteiger partial charge on any atom is -0.339 e. The number of hydrogen-bond donors (Lipinski definition) is 0. The standard InChI is InChI=1S/C20H24N2O/c1-2-13-22(19-14-17-5-3-4-6-18(17)15-19)20(23)8-7-16-9-11-21-12-10-16/h3-6,9-12,19H,2,7-8,13-15H2,1H3. The quantitative estimate of drug-likeness (QED) is 0.819. The molecule has 0 atom stereocenters. The fourth-order valence-electron chi connectivity index (χ4n) is 3.45. The van der Waals surface area contributed by atoms with Gasteiger partial charge in [0.15, 0.2) is 0 Å². The van der Waals surface area contributed by atoms with Crippen LogP contribution in [0.1, 0.15) is 36.5 Å². The van der Waals surface area contributed by atoms with Crippen LogP contribution in [0.2, 0.25) is 0 Å². The predicted octanol–water partition coefficient (Wildman–Crippen LogP) is 3.42. The molecule has 1 aromatic carbocycles. The lowest BCUT2D eigenvalue weighted by Crippen LogP contribution is -2.41. The fourth-order valence-corrected chi connectivity index (χ4v) is 3.45. The second-order valence-corrected chi connectivity index (χ2v) is 6.27. The molecule has 23 heavy (non-hydrogen) atoms. The Hall–Kier alpha value is -2.16. The average molecular weight is 308 g/mol. The highest BCUT2D eigenvalue weighted by atomic mass is 16.2. The van der Waals surface area contributed by atoms with E-state index in [2.05, 4.69) is 41.1 Å². The van der Waals surface area contributed by atoms with Crippen LogP contribution < -0.4 is 0 Å². The van der Waals surface area contributed by atoms with E-state index in [0.29, 0.717) is 12.5 Å². The molecule has 1 amide bonds. The highest BCUT2D eigenvalue weighted by molar-refractivity contribution is 5.77. The first-order valence-electron chi connectivity index (χ1n) is 8.53. The Labute approximate surface area is 138 Å². The van der Waals surface area contributed by atoms with E-state index < -0.39 is 0 Å². The largest absolute Gasteiger partial charge is 0.339 e. The van der Waals surface area contributed by atoms with Crippen molar-refractivity contribution in [1.82, 2.24) is 9.88 Å². The van der Waals surface area contributed by atoms with Crippen molar-refractivity contribution in [3.8, 4) is 0 Å². The van der Waals surface area contributed by atoms with E-state index in [1.165, 1.54) is 16.7 Å². The van der Waals surface area contributed by atoms with Crippen molar-refractivity contribution in [1.29, 1.82) is 0 Å². The molecule has 2 aromatic rings. The maximum Gasteiger partial charge on any atom is 0.223 e. The monoisotopic (exact) mass is 308 g/mol. The van der Waals surface area contributed by atoms with Crippen LogP contribution in [-0.4, -0.2) is 28.4 Å². The molecule has 0 bridgehead atoms. The van der Waals surface area contributed by atoms with Gasteiger partial charge in [0.05, 0.1) is 0 Å². The van der Waals surface area contributed by atoms with Gasteiger partial charge in [0, 0.05) is 31.4 Å². The number of nitrogens with zero attached hydrogens (tertiary/aromatic N) is 2. The van der Waals surface area contributed by atoms with E-state index in [1.807, 2.05) is 12.1 Å². The Bertz CT molecular complexity index is 629. The Kier molecular flexibility index (Phi) is 5.06. The molecule has 1 aromatic heterocycles. The van der Waals surface area contributed by atoms with Gasteiger partial charge in [0.1, 0.15) is 0 Å². The molecule has 0 radical (unpaired) electrons. The summed E-state index contributed by atoms with van der Waals surface area (Å²) >= 11 is 0. The molecule has 0 fully saturated rings. The van der Waals surface area contributed by atoms with Crippen molar-refractivity contribution in [2.45, 2.75) is 45.1 Å². The molecular formula is C20H24N2O. The molecule has 0 saturated heterocycles. The van der Waals surface area contributed by atoms with Gasteiger partial charge >= 0.3 is 0 Å². The summed E-state index contributed by atoms with van der Waals surface area (Å²) in [6.45, 7) is 3.00. The molecule has 0 saturated carbocycles. The minimum atomic E-state index is 0.279. The van der Waals surface area contributed by atoms with Crippen LogP contribution >= 0.6 is 0 Å². The Morgan fingerprint density at radius 3 is 2.39 bits per heavy atom. The zero-order chi connectivity index (χ0) is 16.1.